The monoisotopic (exact) mass is 1360 g/mol. The van der Waals surface area contributed by atoms with Crippen molar-refractivity contribution in [2.45, 2.75) is 113 Å². The standard InChI is InChI=1S/C75H87F7N8O8/c1-85(37-15-38-87(3)69(93)54-23-29-61(30-24-54)83-36-14-5-4-9-22-67(91)86(2)44-45-88-39-31-62(32-40-88)98-71(95)84-65-21-13-11-19-63(65)53-16-7-6-8-17-53)68(92)50-96-66-48-55-18-10-12-20-64(55)72(66)33-41-89(42-34-72)43-35-73(57-25-27-60(76)28-26-57)51-90(52-97-73)70(94)56-46-58(74(77,78)79)49-59(47-56)75(80,81)82/h6-8,10-13,16-21,23-30,46-47,49,62,66,83H,4-5,9,14-15,22,31-45,48,50-52H2,1-3H3,(H,84,95)/t66-,73+/m0/s1. The van der Waals surface area contributed by atoms with Crippen LogP contribution in [0.15, 0.2) is 146 Å². The molecule has 98 heavy (non-hydrogen) atoms. The number of ether oxygens (including phenoxy) is 3. The Labute approximate surface area is 568 Å². The minimum absolute atomic E-state index is 0.0279. The van der Waals surface area contributed by atoms with E-state index in [1.54, 1.807) is 36.0 Å². The first-order chi connectivity index (χ1) is 47.0. The van der Waals surface area contributed by atoms with Gasteiger partial charge >= 0.3 is 18.4 Å². The fourth-order valence-corrected chi connectivity index (χ4v) is 13.9. The van der Waals surface area contributed by atoms with Gasteiger partial charge in [-0.05, 0) is 154 Å². The van der Waals surface area contributed by atoms with Crippen LogP contribution in [0.4, 0.5) is 46.9 Å². The normalized spacial score (nSPS) is 18.1. The second-order valence-electron chi connectivity index (χ2n) is 26.3. The van der Waals surface area contributed by atoms with Gasteiger partial charge in [-0.3, -0.25) is 24.5 Å². The first-order valence-electron chi connectivity index (χ1n) is 33.8. The van der Waals surface area contributed by atoms with Crippen LogP contribution in [0, 0.1) is 5.82 Å². The first kappa shape index (κ1) is 72.4. The fraction of sp³-hybridized carbons (Fsp3) is 0.453. The number of rotatable bonds is 27. The van der Waals surface area contributed by atoms with Crippen LogP contribution in [0.1, 0.15) is 119 Å². The topological polar surface area (TPSA) is 157 Å². The molecule has 5 amide bonds. The molecule has 3 aliphatic heterocycles. The van der Waals surface area contributed by atoms with Crippen LogP contribution in [0.3, 0.4) is 0 Å². The quantitative estimate of drug-likeness (QED) is 0.0374. The summed E-state index contributed by atoms with van der Waals surface area (Å²) in [6.07, 6.45) is -2.84. The molecule has 6 aromatic rings. The molecular weight excluding hydrogens is 1270 g/mol. The second kappa shape index (κ2) is 32.5. The number of nitrogens with zero attached hydrogens (tertiary/aromatic N) is 6. The summed E-state index contributed by atoms with van der Waals surface area (Å²) in [6.45, 7) is 5.41. The highest BCUT2D eigenvalue weighted by Crippen LogP contribution is 2.49. The van der Waals surface area contributed by atoms with Crippen LogP contribution < -0.4 is 10.6 Å². The third-order valence-electron chi connectivity index (χ3n) is 19.8. The van der Waals surface area contributed by atoms with Gasteiger partial charge in [0.15, 0.2) is 0 Å². The molecule has 4 aliphatic rings. The van der Waals surface area contributed by atoms with Gasteiger partial charge in [0, 0.05) is 108 Å². The number of carbonyl (C=O) groups is 5. The Kier molecular flexibility index (Phi) is 24.0. The van der Waals surface area contributed by atoms with Crippen LogP contribution in [-0.4, -0.2) is 178 Å². The van der Waals surface area contributed by atoms with E-state index < -0.39 is 64.6 Å². The maximum atomic E-state index is 14.2. The van der Waals surface area contributed by atoms with Crippen molar-refractivity contribution in [3.8, 4) is 11.1 Å². The SMILES string of the molecule is CN(CCN1CCC(OC(=O)Nc2ccccc2-c2ccccc2)CC1)C(=O)CCCCCCNc1ccc(C(=O)N(C)CCCN(C)C(=O)CO[C@H]2Cc3ccccc3C23CCN(CC[C@]2(c4ccc(F)cc4)CN(C(=O)c4cc(C(F)(F)F)cc(C(F)(F)F)c4)CO2)CC3)cc1. The van der Waals surface area contributed by atoms with E-state index in [1.807, 2.05) is 90.8 Å². The van der Waals surface area contributed by atoms with E-state index >= 15 is 0 Å². The first-order valence-corrected chi connectivity index (χ1v) is 33.8. The molecule has 2 atom stereocenters. The number of hydrogen-bond acceptors (Lipinski definition) is 11. The summed E-state index contributed by atoms with van der Waals surface area (Å²) in [5, 5.41) is 6.37. The predicted octanol–water partition coefficient (Wildman–Crippen LogP) is 13.4. The van der Waals surface area contributed by atoms with E-state index in [2.05, 4.69) is 32.6 Å². The molecule has 1 aliphatic carbocycles. The van der Waals surface area contributed by atoms with Crippen molar-refractivity contribution in [1.29, 1.82) is 0 Å². The molecule has 3 saturated heterocycles. The van der Waals surface area contributed by atoms with Crippen molar-refractivity contribution in [2.24, 2.45) is 0 Å². The second-order valence-corrected chi connectivity index (χ2v) is 26.3. The number of piperidine rings is 2. The van der Waals surface area contributed by atoms with E-state index in [0.717, 1.165) is 97.5 Å². The maximum absolute atomic E-state index is 14.2. The number of likely N-dealkylation sites (tertiary alicyclic amines) is 2. The average Bonchev–Trinajstić information content (AvgIpc) is 1.59. The molecule has 0 saturated carbocycles. The van der Waals surface area contributed by atoms with Crippen LogP contribution in [0.5, 0.6) is 0 Å². The van der Waals surface area contributed by atoms with Gasteiger partial charge in [0.05, 0.1) is 29.5 Å². The molecule has 3 heterocycles. The van der Waals surface area contributed by atoms with E-state index in [0.29, 0.717) is 100 Å². The summed E-state index contributed by atoms with van der Waals surface area (Å²) in [4.78, 5) is 77.4. The van der Waals surface area contributed by atoms with Gasteiger partial charge in [0.1, 0.15) is 30.9 Å². The van der Waals surface area contributed by atoms with Gasteiger partial charge < -0.3 is 48.9 Å². The average molecular weight is 1360 g/mol. The van der Waals surface area contributed by atoms with Gasteiger partial charge in [-0.1, -0.05) is 97.8 Å². The summed E-state index contributed by atoms with van der Waals surface area (Å²) < 4.78 is 116. The number of para-hydroxylation sites is 1. The maximum Gasteiger partial charge on any atom is 0.416 e. The van der Waals surface area contributed by atoms with E-state index in [9.17, 15) is 54.7 Å². The van der Waals surface area contributed by atoms with Crippen molar-refractivity contribution in [2.75, 3.05) is 117 Å². The van der Waals surface area contributed by atoms with E-state index in [4.69, 9.17) is 14.2 Å². The third-order valence-corrected chi connectivity index (χ3v) is 19.8. The summed E-state index contributed by atoms with van der Waals surface area (Å²) in [7, 11) is 5.32. The number of likely N-dealkylation sites (N-methyl/N-ethyl adjacent to an activating group) is 2. The number of benzene rings is 6. The lowest BCUT2D eigenvalue weighted by Crippen LogP contribution is -2.50. The van der Waals surface area contributed by atoms with Crippen molar-refractivity contribution >= 4 is 41.1 Å². The Morgan fingerprint density at radius 2 is 1.28 bits per heavy atom. The number of fused-ring (bicyclic) bond motifs is 2. The molecule has 23 heteroatoms. The summed E-state index contributed by atoms with van der Waals surface area (Å²) in [5.41, 5.74) is 1.23. The van der Waals surface area contributed by atoms with Gasteiger partial charge in [0.2, 0.25) is 11.8 Å². The number of nitrogens with one attached hydrogen (secondary N) is 2. The molecule has 3 fully saturated rings. The number of halogens is 7. The lowest BCUT2D eigenvalue weighted by atomic mass is 9.72. The molecule has 6 aromatic carbocycles. The number of unbranched alkanes of at least 4 members (excludes halogenated alkanes) is 3. The Morgan fingerprint density at radius 1 is 0.643 bits per heavy atom. The van der Waals surface area contributed by atoms with Gasteiger partial charge in [-0.15, -0.1) is 0 Å². The van der Waals surface area contributed by atoms with E-state index in [1.165, 1.54) is 24.3 Å². The molecule has 10 rings (SSSR count). The fourth-order valence-electron chi connectivity index (χ4n) is 13.9. The smallest absolute Gasteiger partial charge is 0.416 e. The number of carbonyl (C=O) groups excluding carboxylic acids is 5. The minimum Gasteiger partial charge on any atom is -0.446 e. The van der Waals surface area contributed by atoms with Crippen LogP contribution in [0.25, 0.3) is 11.1 Å². The molecule has 1 spiro atoms. The van der Waals surface area contributed by atoms with E-state index in [-0.39, 0.29) is 55.6 Å². The highest BCUT2D eigenvalue weighted by atomic mass is 19.4. The summed E-state index contributed by atoms with van der Waals surface area (Å²) in [5.74, 6) is -1.79. The van der Waals surface area contributed by atoms with Crippen LogP contribution in [-0.2, 0) is 53.6 Å². The van der Waals surface area contributed by atoms with Crippen molar-refractivity contribution in [3.63, 3.8) is 0 Å². The van der Waals surface area contributed by atoms with Gasteiger partial charge in [-0.25, -0.2) is 9.18 Å². The van der Waals surface area contributed by atoms with Crippen molar-refractivity contribution < 1.29 is 68.9 Å². The number of hydrogen-bond donors (Lipinski definition) is 2. The highest BCUT2D eigenvalue weighted by molar-refractivity contribution is 5.95. The molecular formula is C75H87F7N8O8. The number of amides is 5. The Balaban J connectivity index is 0.596. The Morgan fingerprint density at radius 3 is 1.98 bits per heavy atom. The van der Waals surface area contributed by atoms with Crippen LogP contribution in [0.2, 0.25) is 0 Å². The molecule has 0 aromatic heterocycles. The molecule has 524 valence electrons. The van der Waals surface area contributed by atoms with Gasteiger partial charge in [0.25, 0.3) is 11.8 Å². The number of alkyl halides is 6. The third kappa shape index (κ3) is 18.5. The Hall–Kier alpha value is -8.38. The largest absolute Gasteiger partial charge is 0.446 e. The zero-order valence-corrected chi connectivity index (χ0v) is 55.8. The van der Waals surface area contributed by atoms with Crippen molar-refractivity contribution in [1.82, 2.24) is 29.4 Å². The minimum atomic E-state index is -5.15. The van der Waals surface area contributed by atoms with Gasteiger partial charge in [-0.2, -0.15) is 26.3 Å². The summed E-state index contributed by atoms with van der Waals surface area (Å²) >= 11 is 0. The lowest BCUT2D eigenvalue weighted by Gasteiger charge is -2.44. The highest BCUT2D eigenvalue weighted by Gasteiger charge is 2.50. The molecule has 16 nitrogen and oxygen atoms in total. The molecule has 2 N–H and O–H groups in total. The lowest BCUT2D eigenvalue weighted by molar-refractivity contribution is -0.143. The van der Waals surface area contributed by atoms with Crippen LogP contribution >= 0.6 is 0 Å². The zero-order chi connectivity index (χ0) is 69.6. The molecule has 0 unspecified atom stereocenters. The number of anilines is 2. The molecule has 0 radical (unpaired) electrons. The molecule has 0 bridgehead atoms. The van der Waals surface area contributed by atoms with Crippen molar-refractivity contribution in [3.05, 3.63) is 190 Å². The summed E-state index contributed by atoms with van der Waals surface area (Å²) in [6, 6.07) is 39.4. The zero-order valence-electron chi connectivity index (χ0n) is 55.8. The predicted molar refractivity (Wildman–Crippen MR) is 360 cm³/mol. The Bertz CT molecular complexity index is 3650.